The number of nitrogens with zero attached hydrogens (tertiary/aromatic N) is 5. The first kappa shape index (κ1) is 13.9. The van der Waals surface area contributed by atoms with Gasteiger partial charge >= 0.3 is 0 Å². The van der Waals surface area contributed by atoms with Crippen LogP contribution in [0.15, 0.2) is 24.8 Å². The van der Waals surface area contributed by atoms with Crippen molar-refractivity contribution in [3.8, 4) is 0 Å². The first-order valence-corrected chi connectivity index (χ1v) is 7.25. The third-order valence-electron chi connectivity index (χ3n) is 1.98. The smallest absolute Gasteiger partial charge is 0.247 e. The van der Waals surface area contributed by atoms with Gasteiger partial charge in [0.25, 0.3) is 0 Å². The van der Waals surface area contributed by atoms with Crippen molar-refractivity contribution >= 4 is 27.6 Å². The Hall–Kier alpha value is -2.56. The van der Waals surface area contributed by atoms with Crippen LogP contribution in [0.4, 0.5) is 11.6 Å². The van der Waals surface area contributed by atoms with Gasteiger partial charge in [0.15, 0.2) is 5.82 Å². The molecule has 2 aromatic rings. The zero-order valence-corrected chi connectivity index (χ0v) is 11.2. The molecule has 1 amide bonds. The van der Waals surface area contributed by atoms with E-state index in [1.54, 1.807) is 0 Å². The van der Waals surface area contributed by atoms with Crippen LogP contribution in [0.5, 0.6) is 0 Å². The summed E-state index contributed by atoms with van der Waals surface area (Å²) in [6.45, 7) is -0.123. The molecule has 106 valence electrons. The van der Waals surface area contributed by atoms with Gasteiger partial charge in [-0.3, -0.25) is 9.52 Å². The van der Waals surface area contributed by atoms with Gasteiger partial charge in [0.1, 0.15) is 18.7 Å². The minimum Gasteiger partial charge on any atom is -0.309 e. The summed E-state index contributed by atoms with van der Waals surface area (Å²) < 4.78 is 25.3. The molecule has 0 saturated heterocycles. The fourth-order valence-electron chi connectivity index (χ4n) is 1.31. The summed E-state index contributed by atoms with van der Waals surface area (Å²) >= 11 is 0. The van der Waals surface area contributed by atoms with Crippen molar-refractivity contribution in [1.82, 2.24) is 25.0 Å². The van der Waals surface area contributed by atoms with Crippen molar-refractivity contribution in [2.75, 3.05) is 16.3 Å². The van der Waals surface area contributed by atoms with Crippen LogP contribution >= 0.6 is 0 Å². The standard InChI is InChI=1S/C9H11N7O3S/c1-20(18,19)14-8-4-16(15-13-8)5-9(17)12-7-2-3-10-6-11-7/h2-4,6,14H,5H2,1H3,(H,10,11,12,17). The SMILES string of the molecule is CS(=O)(=O)Nc1cn(CC(=O)Nc2ccncn2)nn1. The molecule has 0 saturated carbocycles. The molecule has 0 aliphatic rings. The van der Waals surface area contributed by atoms with Crippen LogP contribution in [-0.2, 0) is 21.4 Å². The van der Waals surface area contributed by atoms with Gasteiger partial charge in [0.2, 0.25) is 15.9 Å². The van der Waals surface area contributed by atoms with Crippen molar-refractivity contribution in [3.63, 3.8) is 0 Å². The Labute approximate surface area is 114 Å². The Bertz CT molecular complexity index is 697. The number of carbonyl (C=O) groups is 1. The molecule has 0 aliphatic heterocycles. The molecule has 0 aromatic carbocycles. The molecule has 11 heteroatoms. The van der Waals surface area contributed by atoms with Gasteiger partial charge in [-0.25, -0.2) is 23.1 Å². The Balaban J connectivity index is 1.95. The molecule has 0 aliphatic carbocycles. The maximum Gasteiger partial charge on any atom is 0.247 e. The maximum atomic E-state index is 11.7. The predicted molar refractivity (Wildman–Crippen MR) is 69.2 cm³/mol. The maximum absolute atomic E-state index is 11.7. The number of aromatic nitrogens is 5. The van der Waals surface area contributed by atoms with E-state index in [0.717, 1.165) is 6.26 Å². The van der Waals surface area contributed by atoms with Crippen molar-refractivity contribution < 1.29 is 13.2 Å². The summed E-state index contributed by atoms with van der Waals surface area (Å²) in [5, 5.41) is 9.74. The second kappa shape index (κ2) is 5.61. The Morgan fingerprint density at radius 3 is 2.85 bits per heavy atom. The third-order valence-corrected chi connectivity index (χ3v) is 2.56. The number of anilines is 2. The van der Waals surface area contributed by atoms with E-state index < -0.39 is 10.0 Å². The molecule has 10 nitrogen and oxygen atoms in total. The molecule has 2 N–H and O–H groups in total. The van der Waals surface area contributed by atoms with E-state index in [-0.39, 0.29) is 18.3 Å². The van der Waals surface area contributed by atoms with Crippen molar-refractivity contribution in [2.45, 2.75) is 6.54 Å². The molecular formula is C9H11N7O3S. The summed E-state index contributed by atoms with van der Waals surface area (Å²) in [5.74, 6) is 0.0291. The van der Waals surface area contributed by atoms with Gasteiger partial charge < -0.3 is 5.32 Å². The average Bonchev–Trinajstić information content (AvgIpc) is 2.75. The highest BCUT2D eigenvalue weighted by atomic mass is 32.2. The van der Waals surface area contributed by atoms with E-state index in [9.17, 15) is 13.2 Å². The summed E-state index contributed by atoms with van der Waals surface area (Å²) in [6, 6.07) is 1.54. The van der Waals surface area contributed by atoms with Crippen LogP contribution in [0.2, 0.25) is 0 Å². The monoisotopic (exact) mass is 297 g/mol. The van der Waals surface area contributed by atoms with E-state index >= 15 is 0 Å². The van der Waals surface area contributed by atoms with Gasteiger partial charge in [-0.05, 0) is 6.07 Å². The third kappa shape index (κ3) is 4.28. The lowest BCUT2D eigenvalue weighted by atomic mass is 10.5. The number of nitrogens with one attached hydrogen (secondary N) is 2. The lowest BCUT2D eigenvalue weighted by molar-refractivity contribution is -0.116. The second-order valence-corrected chi connectivity index (χ2v) is 5.57. The molecule has 20 heavy (non-hydrogen) atoms. The molecule has 2 aromatic heterocycles. The van der Waals surface area contributed by atoms with Crippen molar-refractivity contribution in [3.05, 3.63) is 24.8 Å². The topological polar surface area (TPSA) is 132 Å². The summed E-state index contributed by atoms with van der Waals surface area (Å²) in [4.78, 5) is 19.2. The molecule has 2 rings (SSSR count). The molecule has 0 atom stereocenters. The fraction of sp³-hybridized carbons (Fsp3) is 0.222. The number of sulfonamides is 1. The highest BCUT2D eigenvalue weighted by Crippen LogP contribution is 2.03. The zero-order valence-electron chi connectivity index (χ0n) is 10.4. The normalized spacial score (nSPS) is 11.1. The lowest BCUT2D eigenvalue weighted by Gasteiger charge is -2.02. The summed E-state index contributed by atoms with van der Waals surface area (Å²) in [7, 11) is -3.42. The zero-order chi connectivity index (χ0) is 14.6. The second-order valence-electron chi connectivity index (χ2n) is 3.82. The van der Waals surface area contributed by atoms with Gasteiger partial charge in [0, 0.05) is 6.20 Å². The molecule has 2 heterocycles. The van der Waals surface area contributed by atoms with Crippen LogP contribution < -0.4 is 10.0 Å². The minimum atomic E-state index is -3.42. The molecule has 0 fully saturated rings. The quantitative estimate of drug-likeness (QED) is 0.729. The Morgan fingerprint density at radius 1 is 1.40 bits per heavy atom. The number of hydrogen-bond donors (Lipinski definition) is 2. The highest BCUT2D eigenvalue weighted by molar-refractivity contribution is 7.92. The first-order chi connectivity index (χ1) is 9.42. The van der Waals surface area contributed by atoms with Gasteiger partial charge in [-0.15, -0.1) is 5.10 Å². The molecule has 0 radical (unpaired) electrons. The summed E-state index contributed by atoms with van der Waals surface area (Å²) in [5.41, 5.74) is 0. The van der Waals surface area contributed by atoms with Crippen LogP contribution in [0.3, 0.4) is 0 Å². The van der Waals surface area contributed by atoms with E-state index in [0.29, 0.717) is 5.82 Å². The fourth-order valence-corrected chi connectivity index (χ4v) is 1.78. The number of rotatable bonds is 5. The van der Waals surface area contributed by atoms with Crippen molar-refractivity contribution in [2.24, 2.45) is 0 Å². The molecule has 0 unspecified atom stereocenters. The van der Waals surface area contributed by atoms with Crippen LogP contribution in [0.1, 0.15) is 0 Å². The van der Waals surface area contributed by atoms with Crippen LogP contribution in [0.25, 0.3) is 0 Å². The van der Waals surface area contributed by atoms with Crippen molar-refractivity contribution in [1.29, 1.82) is 0 Å². The molecule has 0 spiro atoms. The number of carbonyl (C=O) groups excluding carboxylic acids is 1. The Morgan fingerprint density at radius 2 is 2.20 bits per heavy atom. The van der Waals surface area contributed by atoms with E-state index in [1.165, 1.54) is 29.5 Å². The number of hydrogen-bond acceptors (Lipinski definition) is 7. The average molecular weight is 297 g/mol. The van der Waals surface area contributed by atoms with E-state index in [1.807, 2.05) is 0 Å². The van der Waals surface area contributed by atoms with Gasteiger partial charge in [-0.2, -0.15) is 0 Å². The predicted octanol–water partition coefficient (Wildman–Crippen LogP) is -0.922. The lowest BCUT2D eigenvalue weighted by Crippen LogP contribution is -2.19. The van der Waals surface area contributed by atoms with E-state index in [2.05, 4.69) is 30.3 Å². The van der Waals surface area contributed by atoms with E-state index in [4.69, 9.17) is 0 Å². The number of amides is 1. The highest BCUT2D eigenvalue weighted by Gasteiger charge is 2.09. The van der Waals surface area contributed by atoms with Crippen LogP contribution in [-0.4, -0.2) is 45.5 Å². The molecular weight excluding hydrogens is 286 g/mol. The Kier molecular flexibility index (Phi) is 3.89. The van der Waals surface area contributed by atoms with Gasteiger partial charge in [0.05, 0.1) is 12.5 Å². The van der Waals surface area contributed by atoms with Crippen LogP contribution in [0, 0.1) is 0 Å². The largest absolute Gasteiger partial charge is 0.309 e. The molecule has 0 bridgehead atoms. The summed E-state index contributed by atoms with van der Waals surface area (Å²) in [6.07, 6.45) is 5.10. The minimum absolute atomic E-state index is 0.0438. The first-order valence-electron chi connectivity index (χ1n) is 5.36. The van der Waals surface area contributed by atoms with Gasteiger partial charge in [-0.1, -0.05) is 5.21 Å².